The topological polar surface area (TPSA) is 164 Å². The van der Waals surface area contributed by atoms with E-state index in [0.717, 1.165) is 30.4 Å². The Balaban J connectivity index is 1.47. The molecule has 2 fully saturated rings. The fourth-order valence-electron chi connectivity index (χ4n) is 7.15. The molecule has 0 saturated heterocycles. The molecule has 6 rings (SSSR count). The van der Waals surface area contributed by atoms with Crippen LogP contribution in [0.3, 0.4) is 0 Å². The van der Waals surface area contributed by atoms with Crippen molar-refractivity contribution in [3.05, 3.63) is 59.7 Å². The quantitative estimate of drug-likeness (QED) is 0.255. The maximum absolute atomic E-state index is 14.3. The summed E-state index contributed by atoms with van der Waals surface area (Å²) < 4.78 is 16.8. The molecule has 2 saturated carbocycles. The molecule has 13 heteroatoms. The summed E-state index contributed by atoms with van der Waals surface area (Å²) >= 11 is 0. The van der Waals surface area contributed by atoms with Crippen LogP contribution in [-0.4, -0.2) is 99.1 Å². The number of carbonyl (C=O) groups is 5. The zero-order chi connectivity index (χ0) is 38.8. The third-order valence-corrected chi connectivity index (χ3v) is 10.6. The van der Waals surface area contributed by atoms with Crippen LogP contribution >= 0.6 is 0 Å². The van der Waals surface area contributed by atoms with Crippen LogP contribution in [0.2, 0.25) is 0 Å². The molecule has 4 aliphatic rings. The number of rotatable bonds is 11. The number of benzene rings is 2. The molecule has 294 valence electrons. The van der Waals surface area contributed by atoms with Gasteiger partial charge in [0.15, 0.2) is 0 Å². The Morgan fingerprint density at radius 3 is 2.26 bits per heavy atom. The fraction of sp³-hybridized carbons (Fsp3) is 0.585. The standard InChI is InChI=1S/C41H57N5O8/c1-26(2)19-31-24-54-33-15-11-29(12-16-33)21-35(45-40(51)41(25-52-4)17-6-18-41)38(49)44-34(20-28-9-13-32(53-5)14-10-28)37(48)42-27(3)39(50)46(22-30-7-8-30)23-36(47)43-31/h9-16,26-27,30-31,34-35H,6-8,17-25H2,1-5H3,(H,42,48)(H,43,47)(H,44,49)(H,45,51)/t27-,31+,34+,35+/m1/s1. The molecule has 4 N–H and O–H groups in total. The van der Waals surface area contributed by atoms with Crippen molar-refractivity contribution in [3.63, 3.8) is 0 Å². The van der Waals surface area contributed by atoms with E-state index in [1.165, 1.54) is 4.90 Å². The lowest BCUT2D eigenvalue weighted by molar-refractivity contribution is -0.143. The molecule has 13 nitrogen and oxygen atoms in total. The number of nitrogens with zero attached hydrogens (tertiary/aromatic N) is 1. The maximum Gasteiger partial charge on any atom is 0.245 e. The van der Waals surface area contributed by atoms with Crippen LogP contribution in [-0.2, 0) is 41.6 Å². The Kier molecular flexibility index (Phi) is 14.0. The lowest BCUT2D eigenvalue weighted by Crippen LogP contribution is -2.59. The van der Waals surface area contributed by atoms with Crippen molar-refractivity contribution >= 4 is 29.5 Å². The van der Waals surface area contributed by atoms with Crippen molar-refractivity contribution in [1.82, 2.24) is 26.2 Å². The van der Waals surface area contributed by atoms with Gasteiger partial charge in [-0.2, -0.15) is 0 Å². The summed E-state index contributed by atoms with van der Waals surface area (Å²) in [6.07, 6.45) is 5.04. The van der Waals surface area contributed by atoms with Gasteiger partial charge in [-0.3, -0.25) is 24.0 Å². The molecule has 2 aliphatic carbocycles. The molecule has 2 aromatic rings. The molecular weight excluding hydrogens is 690 g/mol. The van der Waals surface area contributed by atoms with E-state index in [0.29, 0.717) is 43.2 Å². The largest absolute Gasteiger partial charge is 0.497 e. The van der Waals surface area contributed by atoms with E-state index in [1.54, 1.807) is 57.5 Å². The fourth-order valence-corrected chi connectivity index (χ4v) is 7.15. The van der Waals surface area contributed by atoms with Crippen molar-refractivity contribution in [2.45, 2.75) is 96.3 Å². The van der Waals surface area contributed by atoms with Crippen LogP contribution in [0.25, 0.3) is 0 Å². The van der Waals surface area contributed by atoms with Crippen LogP contribution in [0.1, 0.15) is 70.4 Å². The minimum Gasteiger partial charge on any atom is -0.497 e. The molecule has 0 radical (unpaired) electrons. The SMILES string of the molecule is COCC1(C(=O)N[C@H]2Cc3ccc(cc3)OC[C@H](CC(C)C)NC(=O)CN(CC3CC3)C(=O)[C@@H](C)NC(=O)[C@H](Cc3ccc(OC)cc3)NC2=O)CCC1. The van der Waals surface area contributed by atoms with E-state index in [4.69, 9.17) is 14.2 Å². The normalized spacial score (nSPS) is 24.1. The summed E-state index contributed by atoms with van der Waals surface area (Å²) in [5.41, 5.74) is 0.794. The summed E-state index contributed by atoms with van der Waals surface area (Å²) in [6.45, 7) is 6.44. The van der Waals surface area contributed by atoms with Crippen LogP contribution in [0.5, 0.6) is 11.5 Å². The molecule has 0 spiro atoms. The summed E-state index contributed by atoms with van der Waals surface area (Å²) in [6, 6.07) is 11.0. The molecule has 2 aliphatic heterocycles. The lowest BCUT2D eigenvalue weighted by atomic mass is 9.68. The zero-order valence-electron chi connectivity index (χ0n) is 32.3. The van der Waals surface area contributed by atoms with Gasteiger partial charge in [-0.15, -0.1) is 0 Å². The van der Waals surface area contributed by atoms with E-state index in [1.807, 2.05) is 12.1 Å². The van der Waals surface area contributed by atoms with Crippen LogP contribution in [0.15, 0.2) is 48.5 Å². The van der Waals surface area contributed by atoms with E-state index >= 15 is 0 Å². The van der Waals surface area contributed by atoms with E-state index < -0.39 is 35.4 Å². The van der Waals surface area contributed by atoms with Gasteiger partial charge in [-0.25, -0.2) is 0 Å². The van der Waals surface area contributed by atoms with Crippen molar-refractivity contribution in [2.24, 2.45) is 17.3 Å². The van der Waals surface area contributed by atoms with Crippen molar-refractivity contribution < 1.29 is 38.2 Å². The number of methoxy groups -OCH3 is 2. The van der Waals surface area contributed by atoms with Gasteiger partial charge in [0.2, 0.25) is 29.5 Å². The molecule has 0 aromatic heterocycles. The van der Waals surface area contributed by atoms with Crippen LogP contribution < -0.4 is 30.7 Å². The van der Waals surface area contributed by atoms with Crippen LogP contribution in [0, 0.1) is 17.3 Å². The molecule has 5 amide bonds. The molecule has 2 bridgehead atoms. The minimum absolute atomic E-state index is 0.105. The van der Waals surface area contributed by atoms with Gasteiger partial charge in [0.25, 0.3) is 0 Å². The number of nitrogens with one attached hydrogen (secondary N) is 4. The van der Waals surface area contributed by atoms with Gasteiger partial charge in [-0.05, 0) is 86.3 Å². The first-order valence-corrected chi connectivity index (χ1v) is 19.2. The highest BCUT2D eigenvalue weighted by Crippen LogP contribution is 2.41. The van der Waals surface area contributed by atoms with Gasteiger partial charge in [0, 0.05) is 26.5 Å². The number of hydrogen-bond donors (Lipinski definition) is 4. The predicted octanol–water partition coefficient (Wildman–Crippen LogP) is 2.93. The Morgan fingerprint density at radius 1 is 0.963 bits per heavy atom. The first-order valence-electron chi connectivity index (χ1n) is 19.2. The van der Waals surface area contributed by atoms with Gasteiger partial charge >= 0.3 is 0 Å². The second-order valence-corrected chi connectivity index (χ2v) is 15.7. The summed E-state index contributed by atoms with van der Waals surface area (Å²) in [4.78, 5) is 70.9. The van der Waals surface area contributed by atoms with Gasteiger partial charge in [0.05, 0.1) is 31.7 Å². The van der Waals surface area contributed by atoms with Gasteiger partial charge in [-0.1, -0.05) is 44.5 Å². The highest BCUT2D eigenvalue weighted by molar-refractivity contribution is 5.96. The molecule has 0 unspecified atom stereocenters. The van der Waals surface area contributed by atoms with Crippen LogP contribution in [0.4, 0.5) is 0 Å². The second kappa shape index (κ2) is 18.6. The summed E-state index contributed by atoms with van der Waals surface area (Å²) in [5, 5.41) is 11.8. The van der Waals surface area contributed by atoms with E-state index in [9.17, 15) is 24.0 Å². The predicted molar refractivity (Wildman–Crippen MR) is 203 cm³/mol. The first-order chi connectivity index (χ1) is 25.9. The van der Waals surface area contributed by atoms with E-state index in [2.05, 4.69) is 35.1 Å². The maximum atomic E-state index is 14.3. The monoisotopic (exact) mass is 747 g/mol. The third kappa shape index (κ3) is 11.2. The number of hydrogen-bond acceptors (Lipinski definition) is 8. The average Bonchev–Trinajstić information content (AvgIpc) is 3.95. The summed E-state index contributed by atoms with van der Waals surface area (Å²) in [7, 11) is 3.12. The zero-order valence-corrected chi connectivity index (χ0v) is 32.3. The van der Waals surface area contributed by atoms with Gasteiger partial charge in [0.1, 0.15) is 36.2 Å². The Labute approximate surface area is 318 Å². The van der Waals surface area contributed by atoms with Crippen molar-refractivity contribution in [1.29, 1.82) is 0 Å². The highest BCUT2D eigenvalue weighted by atomic mass is 16.5. The number of fused-ring (bicyclic) bond motifs is 17. The minimum atomic E-state index is -1.10. The number of ether oxygens (including phenoxy) is 3. The second-order valence-electron chi connectivity index (χ2n) is 15.7. The van der Waals surface area contributed by atoms with Crippen molar-refractivity contribution in [2.75, 3.05) is 40.5 Å². The Morgan fingerprint density at radius 2 is 1.67 bits per heavy atom. The molecule has 2 aromatic carbocycles. The molecule has 4 atom stereocenters. The van der Waals surface area contributed by atoms with Crippen molar-refractivity contribution in [3.8, 4) is 11.5 Å². The summed E-state index contributed by atoms with van der Waals surface area (Å²) in [5.74, 6) is -0.264. The van der Waals surface area contributed by atoms with E-state index in [-0.39, 0.29) is 62.3 Å². The lowest BCUT2D eigenvalue weighted by Gasteiger charge is -2.40. The van der Waals surface area contributed by atoms with Gasteiger partial charge < -0.3 is 40.4 Å². The molecule has 54 heavy (non-hydrogen) atoms. The number of carbonyl (C=O) groups excluding carboxylic acids is 5. The molecule has 2 heterocycles. The molecular formula is C41H57N5O8. The average molecular weight is 748 g/mol. The highest BCUT2D eigenvalue weighted by Gasteiger charge is 2.45. The smallest absolute Gasteiger partial charge is 0.245 e. The first kappa shape index (κ1) is 40.5. The Hall–Kier alpha value is -4.65. The third-order valence-electron chi connectivity index (χ3n) is 10.6. The number of amides is 5. The Bertz CT molecular complexity index is 1610.